The quantitative estimate of drug-likeness (QED) is 0.797. The van der Waals surface area contributed by atoms with Crippen LogP contribution in [-0.2, 0) is 13.6 Å². The lowest BCUT2D eigenvalue weighted by molar-refractivity contribution is 0.150. The highest BCUT2D eigenvalue weighted by atomic mass is 32.1. The highest BCUT2D eigenvalue weighted by Crippen LogP contribution is 2.32. The molecule has 22 heavy (non-hydrogen) atoms. The molecule has 0 fully saturated rings. The normalized spacial score (nSPS) is 11.5. The largest absolute Gasteiger partial charge is 0.364 e. The number of nitrogens with zero attached hydrogens (tertiary/aromatic N) is 4. The van der Waals surface area contributed by atoms with Crippen LogP contribution in [0.1, 0.15) is 28.1 Å². The van der Waals surface area contributed by atoms with Crippen LogP contribution in [0.2, 0.25) is 0 Å². The van der Waals surface area contributed by atoms with Crippen molar-refractivity contribution < 1.29 is 8.78 Å². The number of aromatic nitrogens is 4. The first-order valence-electron chi connectivity index (χ1n) is 6.72. The first kappa shape index (κ1) is 14.8. The molecule has 3 rings (SSSR count). The van der Waals surface area contributed by atoms with Gasteiger partial charge >= 0.3 is 0 Å². The molecule has 0 bridgehead atoms. The van der Waals surface area contributed by atoms with E-state index in [4.69, 9.17) is 0 Å². The van der Waals surface area contributed by atoms with E-state index in [1.165, 1.54) is 22.1 Å². The van der Waals surface area contributed by atoms with Crippen molar-refractivity contribution in [2.24, 2.45) is 7.05 Å². The summed E-state index contributed by atoms with van der Waals surface area (Å²) >= 11 is 1.60. The number of anilines is 1. The Labute approximate surface area is 130 Å². The van der Waals surface area contributed by atoms with Gasteiger partial charge in [0.25, 0.3) is 6.43 Å². The van der Waals surface area contributed by atoms with Crippen LogP contribution < -0.4 is 5.32 Å². The molecule has 8 heteroatoms. The van der Waals surface area contributed by atoms with E-state index in [1.807, 2.05) is 13.8 Å². The van der Waals surface area contributed by atoms with Gasteiger partial charge in [-0.3, -0.25) is 4.68 Å². The molecule has 0 unspecified atom stereocenters. The Morgan fingerprint density at radius 3 is 2.82 bits per heavy atom. The molecule has 0 aliphatic carbocycles. The first-order chi connectivity index (χ1) is 10.5. The maximum Gasteiger partial charge on any atom is 0.267 e. The minimum Gasteiger partial charge on any atom is -0.364 e. The lowest BCUT2D eigenvalue weighted by atomic mass is 10.2. The van der Waals surface area contributed by atoms with Gasteiger partial charge in [-0.25, -0.2) is 18.7 Å². The predicted octanol–water partition coefficient (Wildman–Crippen LogP) is 3.59. The second-order valence-corrected chi connectivity index (χ2v) is 6.25. The van der Waals surface area contributed by atoms with Crippen LogP contribution in [0.15, 0.2) is 12.5 Å². The Morgan fingerprint density at radius 1 is 1.32 bits per heavy atom. The van der Waals surface area contributed by atoms with Gasteiger partial charge in [-0.1, -0.05) is 0 Å². The van der Waals surface area contributed by atoms with Crippen LogP contribution in [0.5, 0.6) is 0 Å². The van der Waals surface area contributed by atoms with Crippen molar-refractivity contribution in [2.75, 3.05) is 5.32 Å². The van der Waals surface area contributed by atoms with E-state index in [-0.39, 0.29) is 12.1 Å². The topological polar surface area (TPSA) is 55.6 Å². The van der Waals surface area contributed by atoms with Crippen molar-refractivity contribution in [1.29, 1.82) is 0 Å². The predicted molar refractivity (Wildman–Crippen MR) is 82.4 cm³/mol. The van der Waals surface area contributed by atoms with Crippen LogP contribution in [0.25, 0.3) is 10.2 Å². The number of nitrogens with one attached hydrogen (secondary N) is 1. The van der Waals surface area contributed by atoms with Gasteiger partial charge in [0.1, 0.15) is 17.0 Å². The van der Waals surface area contributed by atoms with Crippen LogP contribution >= 0.6 is 11.3 Å². The minimum absolute atomic E-state index is 0.0569. The fourth-order valence-corrected chi connectivity index (χ4v) is 3.35. The number of aryl methyl sites for hydroxylation is 3. The van der Waals surface area contributed by atoms with Gasteiger partial charge in [0.15, 0.2) is 0 Å². The summed E-state index contributed by atoms with van der Waals surface area (Å²) in [7, 11) is 1.63. The molecule has 0 atom stereocenters. The Balaban J connectivity index is 1.92. The van der Waals surface area contributed by atoms with Gasteiger partial charge in [-0.15, -0.1) is 11.3 Å². The molecule has 0 saturated heterocycles. The van der Waals surface area contributed by atoms with E-state index in [2.05, 4.69) is 20.4 Å². The molecular weight excluding hydrogens is 308 g/mol. The highest BCUT2D eigenvalue weighted by Gasteiger charge is 2.18. The second-order valence-electron chi connectivity index (χ2n) is 5.04. The summed E-state index contributed by atoms with van der Waals surface area (Å²) in [5, 5.41) is 8.15. The maximum atomic E-state index is 13.0. The Kier molecular flexibility index (Phi) is 3.78. The standard InChI is InChI=1S/C14H15F2N5S/c1-7-8(2)22-14-11(7)13(18-6-19-14)17-4-10-9(12(15)16)5-21(3)20-10/h5-6,12H,4H2,1-3H3,(H,17,18,19). The highest BCUT2D eigenvalue weighted by molar-refractivity contribution is 7.18. The first-order valence-corrected chi connectivity index (χ1v) is 7.54. The molecule has 116 valence electrons. The number of hydrogen-bond donors (Lipinski definition) is 1. The molecule has 0 spiro atoms. The molecule has 0 aromatic carbocycles. The zero-order chi connectivity index (χ0) is 15.9. The molecule has 1 N–H and O–H groups in total. The summed E-state index contributed by atoms with van der Waals surface area (Å²) in [4.78, 5) is 10.6. The third-order valence-corrected chi connectivity index (χ3v) is 4.68. The number of thiophene rings is 1. The van der Waals surface area contributed by atoms with Crippen molar-refractivity contribution in [1.82, 2.24) is 19.7 Å². The van der Waals surface area contributed by atoms with E-state index >= 15 is 0 Å². The molecule has 0 aliphatic rings. The van der Waals surface area contributed by atoms with Crippen molar-refractivity contribution in [3.63, 3.8) is 0 Å². The van der Waals surface area contributed by atoms with E-state index in [0.717, 1.165) is 15.8 Å². The summed E-state index contributed by atoms with van der Waals surface area (Å²) in [6, 6.07) is 0. The molecule has 0 saturated carbocycles. The van der Waals surface area contributed by atoms with Crippen LogP contribution in [-0.4, -0.2) is 19.7 Å². The van der Waals surface area contributed by atoms with Crippen LogP contribution in [0.3, 0.4) is 0 Å². The summed E-state index contributed by atoms with van der Waals surface area (Å²) in [5.74, 6) is 0.651. The molecule has 3 heterocycles. The van der Waals surface area contributed by atoms with Gasteiger partial charge in [-0.05, 0) is 19.4 Å². The van der Waals surface area contributed by atoms with Gasteiger partial charge < -0.3 is 5.32 Å². The van der Waals surface area contributed by atoms with E-state index in [9.17, 15) is 8.78 Å². The summed E-state index contributed by atoms with van der Waals surface area (Å²) < 4.78 is 27.4. The zero-order valence-corrected chi connectivity index (χ0v) is 13.2. The van der Waals surface area contributed by atoms with Crippen LogP contribution in [0, 0.1) is 13.8 Å². The van der Waals surface area contributed by atoms with E-state index < -0.39 is 6.43 Å². The van der Waals surface area contributed by atoms with Crippen molar-refractivity contribution in [3.8, 4) is 0 Å². The van der Waals surface area contributed by atoms with E-state index in [0.29, 0.717) is 11.5 Å². The average Bonchev–Trinajstić information content (AvgIpc) is 2.98. The van der Waals surface area contributed by atoms with Gasteiger partial charge in [0.05, 0.1) is 23.2 Å². The fraction of sp³-hybridized carbons (Fsp3) is 0.357. The number of halogens is 2. The number of rotatable bonds is 4. The lowest BCUT2D eigenvalue weighted by Crippen LogP contribution is -2.05. The maximum absolute atomic E-state index is 13.0. The van der Waals surface area contributed by atoms with Gasteiger partial charge in [0, 0.05) is 18.1 Å². The number of fused-ring (bicyclic) bond motifs is 1. The number of alkyl halides is 2. The van der Waals surface area contributed by atoms with Crippen molar-refractivity contribution in [3.05, 3.63) is 34.2 Å². The third kappa shape index (κ3) is 2.54. The SMILES string of the molecule is Cc1sc2ncnc(NCc3nn(C)cc3C(F)F)c2c1C. The third-order valence-electron chi connectivity index (χ3n) is 3.56. The lowest BCUT2D eigenvalue weighted by Gasteiger charge is -2.07. The molecule has 3 aromatic heterocycles. The van der Waals surface area contributed by atoms with Gasteiger partial charge in [-0.2, -0.15) is 5.10 Å². The Hall–Kier alpha value is -2.09. The minimum atomic E-state index is -2.54. The Bertz CT molecular complexity index is 824. The van der Waals surface area contributed by atoms with Gasteiger partial charge in [0.2, 0.25) is 0 Å². The van der Waals surface area contributed by atoms with Crippen LogP contribution in [0.4, 0.5) is 14.6 Å². The fourth-order valence-electron chi connectivity index (χ4n) is 2.36. The zero-order valence-electron chi connectivity index (χ0n) is 12.4. The number of hydrogen-bond acceptors (Lipinski definition) is 5. The molecular formula is C14H15F2N5S. The summed E-state index contributed by atoms with van der Waals surface area (Å²) in [6.45, 7) is 4.23. The van der Waals surface area contributed by atoms with Crippen molar-refractivity contribution in [2.45, 2.75) is 26.8 Å². The summed E-state index contributed by atoms with van der Waals surface area (Å²) in [5.41, 5.74) is 1.38. The molecule has 0 aliphatic heterocycles. The molecule has 5 nitrogen and oxygen atoms in total. The summed E-state index contributed by atoms with van der Waals surface area (Å²) in [6.07, 6.45) is 0.282. The monoisotopic (exact) mass is 323 g/mol. The Morgan fingerprint density at radius 2 is 2.09 bits per heavy atom. The van der Waals surface area contributed by atoms with E-state index in [1.54, 1.807) is 18.4 Å². The second kappa shape index (κ2) is 5.60. The smallest absolute Gasteiger partial charge is 0.267 e. The molecule has 3 aromatic rings. The van der Waals surface area contributed by atoms with Crippen molar-refractivity contribution >= 4 is 27.4 Å². The molecule has 0 amide bonds. The average molecular weight is 323 g/mol. The molecule has 0 radical (unpaired) electrons.